The zero-order valence-electron chi connectivity index (χ0n) is 11.4. The first-order valence-corrected chi connectivity index (χ1v) is 7.73. The Hall–Kier alpha value is -0.570. The van der Waals surface area contributed by atoms with E-state index < -0.39 is 0 Å². The van der Waals surface area contributed by atoms with Crippen LogP contribution < -0.4 is 5.73 Å². The van der Waals surface area contributed by atoms with Crippen LogP contribution in [0.15, 0.2) is 0 Å². The minimum absolute atomic E-state index is 0.235. The van der Waals surface area contributed by atoms with Crippen molar-refractivity contribution in [2.75, 3.05) is 13.1 Å². The maximum absolute atomic E-state index is 12.5. The summed E-state index contributed by atoms with van der Waals surface area (Å²) >= 11 is 0. The summed E-state index contributed by atoms with van der Waals surface area (Å²) < 4.78 is 0. The van der Waals surface area contributed by atoms with E-state index in [2.05, 4.69) is 4.90 Å². The van der Waals surface area contributed by atoms with Gasteiger partial charge in [-0.2, -0.15) is 0 Å². The Balaban J connectivity index is 1.59. The third kappa shape index (κ3) is 2.29. The molecule has 18 heavy (non-hydrogen) atoms. The molecule has 3 fully saturated rings. The molecule has 3 heteroatoms. The van der Waals surface area contributed by atoms with Gasteiger partial charge in [-0.25, -0.2) is 0 Å². The first-order chi connectivity index (χ1) is 8.69. The Morgan fingerprint density at radius 3 is 2.56 bits per heavy atom. The van der Waals surface area contributed by atoms with Gasteiger partial charge in [-0.15, -0.1) is 0 Å². The molecular formula is C15H26N2O. The summed E-state index contributed by atoms with van der Waals surface area (Å²) in [6.45, 7) is 2.04. The van der Waals surface area contributed by atoms with E-state index >= 15 is 0 Å². The number of hydrogen-bond acceptors (Lipinski definition) is 2. The predicted octanol–water partition coefficient (Wildman–Crippen LogP) is 2.30. The van der Waals surface area contributed by atoms with E-state index in [1.165, 1.54) is 38.5 Å². The van der Waals surface area contributed by atoms with Crippen LogP contribution >= 0.6 is 0 Å². The highest BCUT2D eigenvalue weighted by Crippen LogP contribution is 2.44. The van der Waals surface area contributed by atoms with Crippen LogP contribution in [-0.2, 0) is 4.79 Å². The molecule has 2 atom stereocenters. The van der Waals surface area contributed by atoms with E-state index in [4.69, 9.17) is 5.73 Å². The van der Waals surface area contributed by atoms with Gasteiger partial charge in [0.15, 0.2) is 0 Å². The summed E-state index contributed by atoms with van der Waals surface area (Å²) in [5.74, 6) is 0.643. The number of likely N-dealkylation sites (tertiary alicyclic amines) is 1. The molecule has 3 aliphatic rings. The Labute approximate surface area is 110 Å². The van der Waals surface area contributed by atoms with Crippen molar-refractivity contribution >= 4 is 5.91 Å². The first-order valence-electron chi connectivity index (χ1n) is 7.73. The largest absolute Gasteiger partial charge is 0.342 e. The van der Waals surface area contributed by atoms with E-state index in [1.807, 2.05) is 0 Å². The van der Waals surface area contributed by atoms with Crippen LogP contribution in [0.4, 0.5) is 0 Å². The molecule has 1 amide bonds. The van der Waals surface area contributed by atoms with Gasteiger partial charge in [0, 0.05) is 25.0 Å². The normalized spacial score (nSPS) is 35.3. The van der Waals surface area contributed by atoms with Gasteiger partial charge in [0.05, 0.1) is 0 Å². The highest BCUT2D eigenvalue weighted by Gasteiger charge is 2.42. The van der Waals surface area contributed by atoms with Gasteiger partial charge < -0.3 is 10.6 Å². The average molecular weight is 250 g/mol. The lowest BCUT2D eigenvalue weighted by Gasteiger charge is -2.33. The molecule has 0 aromatic carbocycles. The van der Waals surface area contributed by atoms with Gasteiger partial charge in [0.2, 0.25) is 5.91 Å². The van der Waals surface area contributed by atoms with Crippen molar-refractivity contribution in [3.05, 3.63) is 0 Å². The fourth-order valence-corrected chi connectivity index (χ4v) is 4.33. The van der Waals surface area contributed by atoms with Crippen LogP contribution in [-0.4, -0.2) is 29.9 Å². The van der Waals surface area contributed by atoms with E-state index in [9.17, 15) is 4.79 Å². The number of nitrogens with zero attached hydrogens (tertiary/aromatic N) is 1. The van der Waals surface area contributed by atoms with Crippen molar-refractivity contribution in [2.24, 2.45) is 17.1 Å². The van der Waals surface area contributed by atoms with E-state index in [1.54, 1.807) is 0 Å². The highest BCUT2D eigenvalue weighted by atomic mass is 16.2. The van der Waals surface area contributed by atoms with Crippen LogP contribution in [0.5, 0.6) is 0 Å². The molecule has 1 spiro atoms. The summed E-state index contributed by atoms with van der Waals surface area (Å²) in [6.07, 6.45) is 11.1. The molecule has 0 bridgehead atoms. The standard InChI is InChI=1S/C15H26N2O/c16-13-5-4-12(10-13)14(18)17-9-8-15(11-17)6-2-1-3-7-15/h12-13H,1-11,16H2. The number of carbonyl (C=O) groups is 1. The fourth-order valence-electron chi connectivity index (χ4n) is 4.33. The number of carbonyl (C=O) groups excluding carboxylic acids is 1. The second kappa shape index (κ2) is 4.84. The molecule has 3 nitrogen and oxygen atoms in total. The Morgan fingerprint density at radius 2 is 1.89 bits per heavy atom. The minimum atomic E-state index is 0.235. The van der Waals surface area contributed by atoms with Crippen molar-refractivity contribution in [3.63, 3.8) is 0 Å². The second-order valence-corrected chi connectivity index (χ2v) is 6.84. The molecule has 2 saturated carbocycles. The van der Waals surface area contributed by atoms with E-state index in [0.29, 0.717) is 11.3 Å². The number of amides is 1. The lowest BCUT2D eigenvalue weighted by atomic mass is 9.73. The van der Waals surface area contributed by atoms with Gasteiger partial charge in [0.1, 0.15) is 0 Å². The zero-order valence-corrected chi connectivity index (χ0v) is 11.4. The third-order valence-corrected chi connectivity index (χ3v) is 5.49. The van der Waals surface area contributed by atoms with E-state index in [-0.39, 0.29) is 12.0 Å². The van der Waals surface area contributed by atoms with Gasteiger partial charge in [-0.05, 0) is 43.9 Å². The second-order valence-electron chi connectivity index (χ2n) is 6.84. The van der Waals surface area contributed by atoms with Crippen molar-refractivity contribution < 1.29 is 4.79 Å². The molecule has 2 aliphatic carbocycles. The molecule has 0 aromatic heterocycles. The molecule has 0 radical (unpaired) electrons. The van der Waals surface area contributed by atoms with Crippen molar-refractivity contribution in [1.29, 1.82) is 0 Å². The van der Waals surface area contributed by atoms with Crippen molar-refractivity contribution in [2.45, 2.75) is 63.8 Å². The minimum Gasteiger partial charge on any atom is -0.342 e. The van der Waals surface area contributed by atoms with Crippen molar-refractivity contribution in [1.82, 2.24) is 4.90 Å². The Kier molecular flexibility index (Phi) is 3.35. The summed E-state index contributed by atoms with van der Waals surface area (Å²) in [5, 5.41) is 0. The maximum Gasteiger partial charge on any atom is 0.225 e. The SMILES string of the molecule is NC1CCC(C(=O)N2CCC3(CCCCC3)C2)C1. The zero-order chi connectivity index (χ0) is 12.6. The predicted molar refractivity (Wildman–Crippen MR) is 72.0 cm³/mol. The van der Waals surface area contributed by atoms with Crippen LogP contribution in [0.1, 0.15) is 57.8 Å². The maximum atomic E-state index is 12.5. The molecule has 1 heterocycles. The van der Waals surface area contributed by atoms with Gasteiger partial charge in [-0.1, -0.05) is 19.3 Å². The smallest absolute Gasteiger partial charge is 0.225 e. The molecule has 102 valence electrons. The van der Waals surface area contributed by atoms with Crippen LogP contribution in [0.3, 0.4) is 0 Å². The highest BCUT2D eigenvalue weighted by molar-refractivity contribution is 5.79. The molecular weight excluding hydrogens is 224 g/mol. The quantitative estimate of drug-likeness (QED) is 0.776. The number of nitrogens with two attached hydrogens (primary N) is 1. The van der Waals surface area contributed by atoms with Gasteiger partial charge in [0.25, 0.3) is 0 Å². The number of hydrogen-bond donors (Lipinski definition) is 1. The molecule has 2 N–H and O–H groups in total. The Bertz CT molecular complexity index is 322. The lowest BCUT2D eigenvalue weighted by Crippen LogP contribution is -2.36. The Morgan fingerprint density at radius 1 is 1.11 bits per heavy atom. The summed E-state index contributed by atoms with van der Waals surface area (Å²) in [4.78, 5) is 14.7. The van der Waals surface area contributed by atoms with Crippen LogP contribution in [0, 0.1) is 11.3 Å². The lowest BCUT2D eigenvalue weighted by molar-refractivity contribution is -0.134. The van der Waals surface area contributed by atoms with Gasteiger partial charge in [-0.3, -0.25) is 4.79 Å². The van der Waals surface area contributed by atoms with E-state index in [0.717, 1.165) is 32.4 Å². The summed E-state index contributed by atoms with van der Waals surface area (Å²) in [5.41, 5.74) is 6.42. The van der Waals surface area contributed by atoms with Gasteiger partial charge >= 0.3 is 0 Å². The topological polar surface area (TPSA) is 46.3 Å². The monoisotopic (exact) mass is 250 g/mol. The first kappa shape index (κ1) is 12.5. The number of rotatable bonds is 1. The molecule has 2 unspecified atom stereocenters. The third-order valence-electron chi connectivity index (χ3n) is 5.49. The van der Waals surface area contributed by atoms with Crippen molar-refractivity contribution in [3.8, 4) is 0 Å². The molecule has 3 rings (SSSR count). The molecule has 0 aromatic rings. The summed E-state index contributed by atoms with van der Waals surface area (Å²) in [6, 6.07) is 0.269. The van der Waals surface area contributed by atoms with Crippen LogP contribution in [0.25, 0.3) is 0 Å². The summed E-state index contributed by atoms with van der Waals surface area (Å²) in [7, 11) is 0. The fraction of sp³-hybridized carbons (Fsp3) is 0.933. The molecule has 1 aliphatic heterocycles. The average Bonchev–Trinajstić information content (AvgIpc) is 2.97. The van der Waals surface area contributed by atoms with Crippen LogP contribution in [0.2, 0.25) is 0 Å². The molecule has 1 saturated heterocycles.